The van der Waals surface area contributed by atoms with Gasteiger partial charge < -0.3 is 19.6 Å². The van der Waals surface area contributed by atoms with Gasteiger partial charge in [-0.1, -0.05) is 0 Å². The summed E-state index contributed by atoms with van der Waals surface area (Å²) in [5, 5.41) is 10.9. The van der Waals surface area contributed by atoms with Crippen molar-refractivity contribution in [3.8, 4) is 5.75 Å². The average Bonchev–Trinajstić information content (AvgIpc) is 3.06. The fraction of sp³-hybridized carbons (Fsp3) is 0.609. The Balaban J connectivity index is 1.74. The van der Waals surface area contributed by atoms with E-state index < -0.39 is 5.41 Å². The Morgan fingerprint density at radius 3 is 3.03 bits per heavy atom. The lowest BCUT2D eigenvalue weighted by molar-refractivity contribution is -0.165. The molecule has 2 N–H and O–H groups in total. The zero-order valence-corrected chi connectivity index (χ0v) is 17.2. The molecule has 3 aliphatic heterocycles. The van der Waals surface area contributed by atoms with Gasteiger partial charge in [0.15, 0.2) is 0 Å². The Hall–Kier alpha value is -2.05. The highest BCUT2D eigenvalue weighted by Crippen LogP contribution is 2.55. The van der Waals surface area contributed by atoms with E-state index in [9.17, 15) is 9.90 Å². The van der Waals surface area contributed by atoms with Gasteiger partial charge in [0.2, 0.25) is 0 Å². The van der Waals surface area contributed by atoms with Gasteiger partial charge in [-0.15, -0.1) is 0 Å². The molecule has 156 valence electrons. The SMILES string of the molecule is CCOC(=O)C12C[C@H]3CC(CCO)C1N(CCc1c2[nH]c2ccc(OC)cc12)C3. The van der Waals surface area contributed by atoms with Gasteiger partial charge in [-0.2, -0.15) is 0 Å². The number of ether oxygens (including phenoxy) is 2. The minimum atomic E-state index is -0.685. The molecule has 4 bridgehead atoms. The molecule has 1 aromatic carbocycles. The highest BCUT2D eigenvalue weighted by Gasteiger charge is 2.63. The van der Waals surface area contributed by atoms with Crippen LogP contribution >= 0.6 is 0 Å². The molecule has 0 radical (unpaired) electrons. The van der Waals surface area contributed by atoms with E-state index in [1.54, 1.807) is 7.11 Å². The summed E-state index contributed by atoms with van der Waals surface area (Å²) in [6, 6.07) is 6.17. The Kier molecular flexibility index (Phi) is 4.59. The lowest BCUT2D eigenvalue weighted by atomic mass is 9.56. The number of aromatic amines is 1. The van der Waals surface area contributed by atoms with E-state index in [1.807, 2.05) is 19.1 Å². The van der Waals surface area contributed by atoms with Crippen LogP contribution in [0.1, 0.15) is 37.4 Å². The summed E-state index contributed by atoms with van der Waals surface area (Å²) in [7, 11) is 1.68. The maximum atomic E-state index is 13.6. The van der Waals surface area contributed by atoms with Crippen LogP contribution in [0.15, 0.2) is 18.2 Å². The predicted octanol–water partition coefficient (Wildman–Crippen LogP) is 2.63. The summed E-state index contributed by atoms with van der Waals surface area (Å²) in [4.78, 5) is 19.8. The number of hydrogen-bond donors (Lipinski definition) is 2. The molecule has 2 saturated heterocycles. The maximum absolute atomic E-state index is 13.6. The maximum Gasteiger partial charge on any atom is 0.319 e. The van der Waals surface area contributed by atoms with Crippen molar-refractivity contribution in [2.24, 2.45) is 11.8 Å². The first-order valence-corrected chi connectivity index (χ1v) is 10.8. The van der Waals surface area contributed by atoms with Crippen molar-refractivity contribution in [3.05, 3.63) is 29.5 Å². The zero-order chi connectivity index (χ0) is 20.2. The number of nitrogens with one attached hydrogen (secondary N) is 1. The molecule has 2 aromatic rings. The lowest BCUT2D eigenvalue weighted by Gasteiger charge is -2.58. The molecule has 1 aliphatic carbocycles. The summed E-state index contributed by atoms with van der Waals surface area (Å²) in [6.45, 7) is 4.40. The number of piperidine rings is 2. The molecular weight excluding hydrogens is 368 g/mol. The van der Waals surface area contributed by atoms with E-state index >= 15 is 0 Å². The van der Waals surface area contributed by atoms with Crippen LogP contribution in [0.4, 0.5) is 0 Å². The van der Waals surface area contributed by atoms with E-state index in [0.717, 1.165) is 61.1 Å². The molecule has 0 spiro atoms. The van der Waals surface area contributed by atoms with Crippen molar-refractivity contribution in [2.45, 2.75) is 44.1 Å². The fourth-order valence-corrected chi connectivity index (χ4v) is 6.55. The lowest BCUT2D eigenvalue weighted by Crippen LogP contribution is -2.67. The van der Waals surface area contributed by atoms with E-state index in [0.29, 0.717) is 18.4 Å². The first-order chi connectivity index (χ1) is 14.1. The number of hydrogen-bond acceptors (Lipinski definition) is 5. The molecular formula is C23H30N2O4. The Bertz CT molecular complexity index is 938. The molecule has 29 heavy (non-hydrogen) atoms. The van der Waals surface area contributed by atoms with E-state index in [2.05, 4.69) is 16.0 Å². The first-order valence-electron chi connectivity index (χ1n) is 10.8. The number of aliphatic hydroxyl groups is 1. The van der Waals surface area contributed by atoms with E-state index in [-0.39, 0.29) is 18.6 Å². The summed E-state index contributed by atoms with van der Waals surface area (Å²) < 4.78 is 11.2. The highest BCUT2D eigenvalue weighted by molar-refractivity contribution is 5.92. The van der Waals surface area contributed by atoms with Crippen LogP contribution in [0.2, 0.25) is 0 Å². The molecule has 6 rings (SSSR count). The number of carbonyl (C=O) groups excluding carboxylic acids is 1. The molecule has 3 fully saturated rings. The molecule has 6 nitrogen and oxygen atoms in total. The number of aromatic nitrogens is 1. The molecule has 1 saturated carbocycles. The van der Waals surface area contributed by atoms with Crippen LogP contribution in [0, 0.1) is 11.8 Å². The van der Waals surface area contributed by atoms with Crippen molar-refractivity contribution in [3.63, 3.8) is 0 Å². The molecule has 0 amide bonds. The Morgan fingerprint density at radius 1 is 1.41 bits per heavy atom. The summed E-state index contributed by atoms with van der Waals surface area (Å²) in [6.07, 6.45) is 3.55. The summed E-state index contributed by atoms with van der Waals surface area (Å²) in [5.74, 6) is 1.48. The zero-order valence-electron chi connectivity index (χ0n) is 17.2. The van der Waals surface area contributed by atoms with Gasteiger partial charge >= 0.3 is 5.97 Å². The number of rotatable bonds is 5. The van der Waals surface area contributed by atoms with E-state index in [1.165, 1.54) is 5.56 Å². The second kappa shape index (κ2) is 7.03. The topological polar surface area (TPSA) is 74.8 Å². The predicted molar refractivity (Wildman–Crippen MR) is 110 cm³/mol. The number of fused-ring (bicyclic) bond motifs is 4. The average molecular weight is 399 g/mol. The van der Waals surface area contributed by atoms with Crippen LogP contribution in [0.3, 0.4) is 0 Å². The summed E-state index contributed by atoms with van der Waals surface area (Å²) in [5.41, 5.74) is 2.63. The quantitative estimate of drug-likeness (QED) is 0.758. The van der Waals surface area contributed by atoms with Crippen molar-refractivity contribution in [2.75, 3.05) is 33.4 Å². The second-order valence-electron chi connectivity index (χ2n) is 8.85. The molecule has 4 unspecified atom stereocenters. The standard InChI is InChI=1S/C23H30N2O4/c1-3-29-22(27)23-12-14-10-15(7-9-26)21(23)25(13-14)8-6-17-18-11-16(28-2)4-5-19(18)24-20(17)23/h4-5,11,14-15,21,24,26H,3,6-10,12-13H2,1-2H3/t14-,15?,21?,23?/m1/s1. The van der Waals surface area contributed by atoms with Crippen LogP contribution < -0.4 is 4.74 Å². The van der Waals surface area contributed by atoms with Crippen molar-refractivity contribution < 1.29 is 19.4 Å². The van der Waals surface area contributed by atoms with Crippen molar-refractivity contribution in [1.29, 1.82) is 0 Å². The largest absolute Gasteiger partial charge is 0.497 e. The van der Waals surface area contributed by atoms with Gasteiger partial charge in [-0.05, 0) is 68.2 Å². The Labute approximate surface area is 171 Å². The smallest absolute Gasteiger partial charge is 0.319 e. The van der Waals surface area contributed by atoms with Gasteiger partial charge in [0, 0.05) is 42.3 Å². The number of aliphatic hydroxyl groups excluding tert-OH is 1. The van der Waals surface area contributed by atoms with E-state index in [4.69, 9.17) is 9.47 Å². The number of esters is 1. The van der Waals surface area contributed by atoms with Gasteiger partial charge in [0.1, 0.15) is 11.2 Å². The molecule has 5 atom stereocenters. The third-order valence-electron chi connectivity index (χ3n) is 7.43. The van der Waals surface area contributed by atoms with Crippen LogP contribution in [0.25, 0.3) is 10.9 Å². The van der Waals surface area contributed by atoms with Crippen LogP contribution in [-0.2, 0) is 21.4 Å². The number of H-pyrrole nitrogens is 1. The highest BCUT2D eigenvalue weighted by atomic mass is 16.5. The third-order valence-corrected chi connectivity index (χ3v) is 7.43. The van der Waals surface area contributed by atoms with Gasteiger partial charge in [-0.3, -0.25) is 9.69 Å². The third kappa shape index (κ3) is 2.65. The van der Waals surface area contributed by atoms with Gasteiger partial charge in [0.25, 0.3) is 0 Å². The number of nitrogens with zero attached hydrogens (tertiary/aromatic N) is 1. The number of methoxy groups -OCH3 is 1. The monoisotopic (exact) mass is 398 g/mol. The van der Waals surface area contributed by atoms with Gasteiger partial charge in [-0.25, -0.2) is 0 Å². The molecule has 4 aliphatic rings. The van der Waals surface area contributed by atoms with Crippen molar-refractivity contribution in [1.82, 2.24) is 9.88 Å². The first kappa shape index (κ1) is 18.9. The second-order valence-corrected chi connectivity index (χ2v) is 8.85. The number of benzene rings is 1. The fourth-order valence-electron chi connectivity index (χ4n) is 6.55. The molecule has 1 aromatic heterocycles. The van der Waals surface area contributed by atoms with Crippen LogP contribution in [0.5, 0.6) is 5.75 Å². The molecule has 6 heteroatoms. The minimum absolute atomic E-state index is 0.0786. The number of carbonyl (C=O) groups is 1. The Morgan fingerprint density at radius 2 is 2.28 bits per heavy atom. The van der Waals surface area contributed by atoms with Crippen LogP contribution in [-0.4, -0.2) is 60.4 Å². The summed E-state index contributed by atoms with van der Waals surface area (Å²) >= 11 is 0. The van der Waals surface area contributed by atoms with Crippen molar-refractivity contribution >= 4 is 16.9 Å². The molecule has 4 heterocycles. The van der Waals surface area contributed by atoms with Gasteiger partial charge in [0.05, 0.1) is 13.7 Å². The normalized spacial score (nSPS) is 32.7. The minimum Gasteiger partial charge on any atom is -0.497 e.